The van der Waals surface area contributed by atoms with Gasteiger partial charge in [-0.25, -0.2) is 9.78 Å². The third kappa shape index (κ3) is 4.43. The fourth-order valence-electron chi connectivity index (χ4n) is 2.66. The quantitative estimate of drug-likeness (QED) is 0.617. The van der Waals surface area contributed by atoms with Crippen LogP contribution >= 0.6 is 22.7 Å². The van der Waals surface area contributed by atoms with Gasteiger partial charge in [-0.05, 0) is 18.2 Å². The molecular weight excluding hydrogens is 414 g/mol. The Morgan fingerprint density at radius 3 is 2.72 bits per heavy atom. The molecule has 4 rings (SSSR count). The molecule has 3 heterocycles. The molecule has 0 saturated carbocycles. The monoisotopic (exact) mass is 433 g/mol. The molecule has 0 aliphatic carbocycles. The molecule has 0 unspecified atom stereocenters. The maximum atomic E-state index is 12.3. The van der Waals surface area contributed by atoms with E-state index in [4.69, 9.17) is 14.2 Å². The number of nitrogens with zero attached hydrogens (tertiary/aromatic N) is 2. The second kappa shape index (κ2) is 8.26. The van der Waals surface area contributed by atoms with E-state index in [9.17, 15) is 9.59 Å². The maximum absolute atomic E-state index is 12.3. The zero-order chi connectivity index (χ0) is 20.4. The first-order valence-corrected chi connectivity index (χ1v) is 10.6. The molecule has 29 heavy (non-hydrogen) atoms. The second-order valence-electron chi connectivity index (χ2n) is 6.51. The third-order valence-electron chi connectivity index (χ3n) is 4.03. The number of hydrogen-bond donors (Lipinski definition) is 1. The molecule has 10 heteroatoms. The fourth-order valence-corrected chi connectivity index (χ4v) is 4.68. The summed E-state index contributed by atoms with van der Waals surface area (Å²) in [5, 5.41) is 3.57. The van der Waals surface area contributed by atoms with E-state index in [0.29, 0.717) is 35.3 Å². The Morgan fingerprint density at radius 1 is 1.17 bits per heavy atom. The lowest BCUT2D eigenvalue weighted by Gasteiger charge is -2.10. The number of ether oxygens (including phenoxy) is 3. The van der Waals surface area contributed by atoms with E-state index in [1.807, 2.05) is 19.0 Å². The first kappa shape index (κ1) is 19.5. The van der Waals surface area contributed by atoms with E-state index < -0.39 is 11.9 Å². The van der Waals surface area contributed by atoms with E-state index in [-0.39, 0.29) is 6.61 Å². The van der Waals surface area contributed by atoms with Gasteiger partial charge in [0, 0.05) is 32.3 Å². The molecule has 3 aromatic rings. The summed E-state index contributed by atoms with van der Waals surface area (Å²) in [5.41, 5.74) is 0.548. The van der Waals surface area contributed by atoms with Crippen LogP contribution in [0, 0.1) is 0 Å². The largest absolute Gasteiger partial charge is 0.490 e. The highest BCUT2D eigenvalue weighted by atomic mass is 32.1. The van der Waals surface area contributed by atoms with Crippen molar-refractivity contribution in [3.63, 3.8) is 0 Å². The van der Waals surface area contributed by atoms with Crippen molar-refractivity contribution in [3.05, 3.63) is 29.1 Å². The molecule has 0 spiro atoms. The topological polar surface area (TPSA) is 90.0 Å². The van der Waals surface area contributed by atoms with E-state index in [0.717, 1.165) is 21.1 Å². The van der Waals surface area contributed by atoms with E-state index in [1.54, 1.807) is 24.3 Å². The molecule has 152 valence electrons. The van der Waals surface area contributed by atoms with Crippen LogP contribution in [0.4, 0.5) is 10.8 Å². The molecule has 0 fully saturated rings. The lowest BCUT2D eigenvalue weighted by Crippen LogP contribution is -2.20. The van der Waals surface area contributed by atoms with Gasteiger partial charge < -0.3 is 24.4 Å². The highest BCUT2D eigenvalue weighted by Gasteiger charge is 2.17. The van der Waals surface area contributed by atoms with Gasteiger partial charge in [-0.15, -0.1) is 11.3 Å². The number of rotatable bonds is 5. The normalized spacial score (nSPS) is 13.0. The van der Waals surface area contributed by atoms with Gasteiger partial charge in [-0.2, -0.15) is 0 Å². The Morgan fingerprint density at radius 2 is 1.97 bits per heavy atom. The Bertz CT molecular complexity index is 1030. The van der Waals surface area contributed by atoms with Gasteiger partial charge in [-0.3, -0.25) is 4.79 Å². The Hall–Kier alpha value is -2.85. The molecule has 1 N–H and O–H groups in total. The number of esters is 1. The van der Waals surface area contributed by atoms with Crippen LogP contribution < -0.4 is 19.7 Å². The van der Waals surface area contributed by atoms with Gasteiger partial charge in [0.25, 0.3) is 5.91 Å². The summed E-state index contributed by atoms with van der Waals surface area (Å²) in [5.74, 6) is 0.260. The average molecular weight is 434 g/mol. The van der Waals surface area contributed by atoms with Gasteiger partial charge in [0.15, 0.2) is 23.2 Å². The summed E-state index contributed by atoms with van der Waals surface area (Å²) in [7, 11) is 3.83. The predicted molar refractivity (Wildman–Crippen MR) is 113 cm³/mol. The molecule has 0 radical (unpaired) electrons. The number of fused-ring (bicyclic) bond motifs is 2. The van der Waals surface area contributed by atoms with Crippen molar-refractivity contribution in [3.8, 4) is 11.5 Å². The molecule has 1 amide bonds. The number of anilines is 2. The number of benzene rings is 1. The van der Waals surface area contributed by atoms with Crippen LogP contribution in [-0.4, -0.2) is 50.8 Å². The van der Waals surface area contributed by atoms with Crippen molar-refractivity contribution in [1.29, 1.82) is 0 Å². The Labute approximate surface area is 175 Å². The van der Waals surface area contributed by atoms with Crippen molar-refractivity contribution >= 4 is 54.9 Å². The van der Waals surface area contributed by atoms with Crippen molar-refractivity contribution in [2.45, 2.75) is 6.42 Å². The number of nitrogens with one attached hydrogen (secondary N) is 1. The van der Waals surface area contributed by atoms with Crippen LogP contribution in [0.25, 0.3) is 9.53 Å². The molecule has 0 bridgehead atoms. The van der Waals surface area contributed by atoms with Gasteiger partial charge in [-0.1, -0.05) is 11.3 Å². The number of thiophene rings is 1. The maximum Gasteiger partial charge on any atom is 0.348 e. The summed E-state index contributed by atoms with van der Waals surface area (Å²) in [6.07, 6.45) is 0.804. The lowest BCUT2D eigenvalue weighted by molar-refractivity contribution is -0.119. The first-order valence-electron chi connectivity index (χ1n) is 8.94. The molecule has 0 atom stereocenters. The van der Waals surface area contributed by atoms with Crippen LogP contribution in [0.2, 0.25) is 0 Å². The van der Waals surface area contributed by atoms with E-state index in [1.165, 1.54) is 22.7 Å². The predicted octanol–water partition coefficient (Wildman–Crippen LogP) is 3.38. The van der Waals surface area contributed by atoms with Gasteiger partial charge in [0.05, 0.1) is 17.9 Å². The summed E-state index contributed by atoms with van der Waals surface area (Å²) in [6, 6.07) is 6.90. The zero-order valence-electron chi connectivity index (χ0n) is 15.9. The van der Waals surface area contributed by atoms with Crippen molar-refractivity contribution in [2.75, 3.05) is 44.1 Å². The Kier molecular flexibility index (Phi) is 5.54. The summed E-state index contributed by atoms with van der Waals surface area (Å²) in [4.78, 5) is 32.0. The van der Waals surface area contributed by atoms with Crippen molar-refractivity contribution in [2.24, 2.45) is 0 Å². The number of carbonyl (C=O) groups is 2. The molecule has 0 saturated heterocycles. The van der Waals surface area contributed by atoms with Crippen LogP contribution in [0.3, 0.4) is 0 Å². The fraction of sp³-hybridized carbons (Fsp3) is 0.316. The number of carbonyl (C=O) groups excluding carboxylic acids is 2. The average Bonchev–Trinajstić information content (AvgIpc) is 3.18. The SMILES string of the molecule is CN(C)c1nc2sc(C(=O)OCC(=O)Nc3ccc4c(c3)OCCCO4)cc2s1. The van der Waals surface area contributed by atoms with Crippen LogP contribution in [0.15, 0.2) is 24.3 Å². The summed E-state index contributed by atoms with van der Waals surface area (Å²) in [6.45, 7) is 0.779. The van der Waals surface area contributed by atoms with Crippen molar-refractivity contribution < 1.29 is 23.8 Å². The number of aromatic nitrogens is 1. The van der Waals surface area contributed by atoms with Gasteiger partial charge in [0.2, 0.25) is 0 Å². The highest BCUT2D eigenvalue weighted by molar-refractivity contribution is 7.29. The minimum atomic E-state index is -0.541. The van der Waals surface area contributed by atoms with Crippen LogP contribution in [0.1, 0.15) is 16.1 Å². The number of amides is 1. The Balaban J connectivity index is 1.34. The van der Waals surface area contributed by atoms with Gasteiger partial charge in [0.1, 0.15) is 9.71 Å². The summed E-state index contributed by atoms with van der Waals surface area (Å²) < 4.78 is 17.2. The standard InChI is InChI=1S/C19H19N3O5S2/c1-22(2)19-21-17-14(29-19)9-15(28-17)18(24)27-10-16(23)20-11-4-5-12-13(8-11)26-7-3-6-25-12/h4-5,8-9H,3,6-7,10H2,1-2H3,(H,20,23). The first-order chi connectivity index (χ1) is 14.0. The van der Waals surface area contributed by atoms with Crippen LogP contribution in [0.5, 0.6) is 11.5 Å². The van der Waals surface area contributed by atoms with Crippen LogP contribution in [-0.2, 0) is 9.53 Å². The smallest absolute Gasteiger partial charge is 0.348 e. The number of hydrogen-bond acceptors (Lipinski definition) is 9. The minimum Gasteiger partial charge on any atom is -0.490 e. The third-order valence-corrected chi connectivity index (χ3v) is 6.34. The van der Waals surface area contributed by atoms with E-state index >= 15 is 0 Å². The van der Waals surface area contributed by atoms with E-state index in [2.05, 4.69) is 10.3 Å². The minimum absolute atomic E-state index is 0.380. The lowest BCUT2D eigenvalue weighted by atomic mass is 10.2. The molecule has 1 aliphatic heterocycles. The molecular formula is C19H19N3O5S2. The molecule has 2 aromatic heterocycles. The van der Waals surface area contributed by atoms with Crippen molar-refractivity contribution in [1.82, 2.24) is 4.98 Å². The highest BCUT2D eigenvalue weighted by Crippen LogP contribution is 2.34. The van der Waals surface area contributed by atoms with Gasteiger partial charge >= 0.3 is 5.97 Å². The molecule has 8 nitrogen and oxygen atoms in total. The number of thiazole rings is 1. The summed E-state index contributed by atoms with van der Waals surface area (Å²) >= 11 is 2.75. The molecule has 1 aromatic carbocycles. The zero-order valence-corrected chi connectivity index (χ0v) is 17.5. The molecule has 1 aliphatic rings. The second-order valence-corrected chi connectivity index (χ2v) is 8.55.